The Balaban J connectivity index is 1.57. The lowest BCUT2D eigenvalue weighted by atomic mass is 10.2. The summed E-state index contributed by atoms with van der Waals surface area (Å²) in [7, 11) is 6.53. The van der Waals surface area contributed by atoms with Crippen molar-refractivity contribution in [1.82, 2.24) is 25.1 Å². The number of rotatable bonds is 5. The minimum Gasteiger partial charge on any atom is -0.305 e. The zero-order valence-electron chi connectivity index (χ0n) is 12.2. The van der Waals surface area contributed by atoms with Crippen LogP contribution in [0.1, 0.15) is 6.42 Å². The molecule has 0 saturated carbocycles. The molecule has 0 aromatic heterocycles. The third-order valence-electron chi connectivity index (χ3n) is 4.23. The van der Waals surface area contributed by atoms with Crippen molar-refractivity contribution >= 4 is 0 Å². The van der Waals surface area contributed by atoms with Crippen molar-refractivity contribution in [2.75, 3.05) is 73.5 Å². The van der Waals surface area contributed by atoms with Crippen LogP contribution >= 0.6 is 0 Å². The van der Waals surface area contributed by atoms with Gasteiger partial charge in [0.25, 0.3) is 0 Å². The van der Waals surface area contributed by atoms with E-state index in [-0.39, 0.29) is 0 Å². The summed E-state index contributed by atoms with van der Waals surface area (Å²) < 4.78 is 0. The number of hydrogen-bond acceptors (Lipinski definition) is 4. The minimum absolute atomic E-state index is 0.627. The van der Waals surface area contributed by atoms with Crippen LogP contribution in [-0.2, 0) is 0 Å². The van der Waals surface area contributed by atoms with Gasteiger partial charge in [-0.1, -0.05) is 0 Å². The summed E-state index contributed by atoms with van der Waals surface area (Å²) in [4.78, 5) is 7.31. The summed E-state index contributed by atoms with van der Waals surface area (Å²) in [5, 5.41) is 2.19. The number of nitrogens with zero attached hydrogens (tertiary/aromatic N) is 5. The van der Waals surface area contributed by atoms with Gasteiger partial charge in [0.1, 0.15) is 0 Å². The van der Waals surface area contributed by atoms with E-state index in [1.165, 1.54) is 39.1 Å². The quantitative estimate of drug-likeness (QED) is 0.612. The minimum atomic E-state index is 0.627. The van der Waals surface area contributed by atoms with Gasteiger partial charge in [-0.25, -0.2) is 5.01 Å². The van der Waals surface area contributed by atoms with Gasteiger partial charge in [0.15, 0.2) is 0 Å². The molecule has 5 heteroatoms. The molecule has 1 atom stereocenters. The van der Waals surface area contributed by atoms with Crippen LogP contribution in [0.2, 0.25) is 0 Å². The van der Waals surface area contributed by atoms with Crippen molar-refractivity contribution < 1.29 is 0 Å². The molecule has 2 fully saturated rings. The molecule has 0 amide bonds. The highest BCUT2D eigenvalue weighted by atomic mass is 15.5. The van der Waals surface area contributed by atoms with Gasteiger partial charge in [-0.2, -0.15) is 5.43 Å². The first-order valence-corrected chi connectivity index (χ1v) is 7.15. The third kappa shape index (κ3) is 4.17. The van der Waals surface area contributed by atoms with Gasteiger partial charge in [-0.15, -0.1) is 0 Å². The maximum Gasteiger partial charge on any atom is 0.0434 e. The number of piperazine rings is 1. The van der Waals surface area contributed by atoms with E-state index < -0.39 is 0 Å². The Morgan fingerprint density at radius 3 is 2.39 bits per heavy atom. The molecule has 1 radical (unpaired) electrons. The van der Waals surface area contributed by atoms with Crippen molar-refractivity contribution in [1.29, 1.82) is 0 Å². The fourth-order valence-corrected chi connectivity index (χ4v) is 2.75. The highest BCUT2D eigenvalue weighted by Gasteiger charge is 2.23. The zero-order chi connectivity index (χ0) is 13.0. The molecule has 0 N–H and O–H groups in total. The molecule has 1 unspecified atom stereocenters. The van der Waals surface area contributed by atoms with Crippen LogP contribution in [0, 0.1) is 0 Å². The molecule has 2 rings (SSSR count). The van der Waals surface area contributed by atoms with Gasteiger partial charge in [0.05, 0.1) is 0 Å². The molecule has 0 aromatic carbocycles. The largest absolute Gasteiger partial charge is 0.305 e. The van der Waals surface area contributed by atoms with Crippen LogP contribution in [0.15, 0.2) is 0 Å². The van der Waals surface area contributed by atoms with Crippen LogP contribution < -0.4 is 5.43 Å². The standard InChI is InChI=1S/C13H28N5/c1-15-8-10-18(11-9-15)7-5-14-17(3)13-4-6-16(2)12-13/h13H,4-12H2,1-3H3. The Hall–Kier alpha value is -0.200. The molecular weight excluding hydrogens is 226 g/mol. The molecule has 2 aliphatic heterocycles. The lowest BCUT2D eigenvalue weighted by molar-refractivity contribution is 0.122. The normalized spacial score (nSPS) is 28.3. The van der Waals surface area contributed by atoms with E-state index in [0.717, 1.165) is 19.6 Å². The van der Waals surface area contributed by atoms with Crippen molar-refractivity contribution in [3.63, 3.8) is 0 Å². The predicted molar refractivity (Wildman–Crippen MR) is 74.6 cm³/mol. The fourth-order valence-electron chi connectivity index (χ4n) is 2.75. The van der Waals surface area contributed by atoms with Crippen molar-refractivity contribution in [3.8, 4) is 0 Å². The smallest absolute Gasteiger partial charge is 0.0434 e. The average Bonchev–Trinajstić information content (AvgIpc) is 2.78. The van der Waals surface area contributed by atoms with E-state index in [4.69, 9.17) is 5.43 Å². The number of likely N-dealkylation sites (N-methyl/N-ethyl adjacent to an activating group) is 3. The number of hydrogen-bond donors (Lipinski definition) is 0. The van der Waals surface area contributed by atoms with Gasteiger partial charge in [-0.05, 0) is 27.1 Å². The monoisotopic (exact) mass is 254 g/mol. The van der Waals surface area contributed by atoms with E-state index in [1.54, 1.807) is 0 Å². The second-order valence-corrected chi connectivity index (χ2v) is 5.79. The molecule has 0 aliphatic carbocycles. The summed E-state index contributed by atoms with van der Waals surface area (Å²) in [5.74, 6) is 0. The molecule has 2 heterocycles. The van der Waals surface area contributed by atoms with Crippen molar-refractivity contribution in [2.24, 2.45) is 0 Å². The van der Waals surface area contributed by atoms with E-state index >= 15 is 0 Å². The van der Waals surface area contributed by atoms with E-state index in [9.17, 15) is 0 Å². The van der Waals surface area contributed by atoms with Gasteiger partial charge in [0.2, 0.25) is 0 Å². The summed E-state index contributed by atoms with van der Waals surface area (Å²) in [6.45, 7) is 9.22. The first-order valence-electron chi connectivity index (χ1n) is 7.15. The summed E-state index contributed by atoms with van der Waals surface area (Å²) in [6, 6.07) is 0.627. The topological polar surface area (TPSA) is 27.1 Å². The SMILES string of the molecule is CN1CCN(CC[N]N(C)C2CCN(C)C2)CC1. The molecule has 0 bridgehead atoms. The van der Waals surface area contributed by atoms with Crippen molar-refractivity contribution in [3.05, 3.63) is 0 Å². The summed E-state index contributed by atoms with van der Waals surface area (Å²) in [5.41, 5.74) is 4.71. The van der Waals surface area contributed by atoms with Crippen LogP contribution in [0.5, 0.6) is 0 Å². The molecule has 105 valence electrons. The molecule has 5 nitrogen and oxygen atoms in total. The Labute approximate surface area is 112 Å². The maximum absolute atomic E-state index is 4.71. The summed E-state index contributed by atoms with van der Waals surface area (Å²) >= 11 is 0. The maximum atomic E-state index is 4.71. The Morgan fingerprint density at radius 1 is 1.06 bits per heavy atom. The molecule has 2 aliphatic rings. The lowest BCUT2D eigenvalue weighted by Crippen LogP contribution is -2.47. The average molecular weight is 254 g/mol. The molecule has 0 aromatic rings. The van der Waals surface area contributed by atoms with E-state index in [1.807, 2.05) is 0 Å². The van der Waals surface area contributed by atoms with Gasteiger partial charge in [-0.3, -0.25) is 4.90 Å². The zero-order valence-corrected chi connectivity index (χ0v) is 12.2. The van der Waals surface area contributed by atoms with Crippen LogP contribution in [0.3, 0.4) is 0 Å². The molecule has 0 spiro atoms. The van der Waals surface area contributed by atoms with Gasteiger partial charge in [0, 0.05) is 58.9 Å². The Kier molecular flexibility index (Phi) is 5.38. The Morgan fingerprint density at radius 2 is 1.78 bits per heavy atom. The predicted octanol–water partition coefficient (Wildman–Crippen LogP) is -0.611. The highest BCUT2D eigenvalue weighted by molar-refractivity contribution is 4.78. The van der Waals surface area contributed by atoms with Crippen LogP contribution in [-0.4, -0.2) is 99.3 Å². The van der Waals surface area contributed by atoms with Gasteiger partial charge < -0.3 is 9.80 Å². The van der Waals surface area contributed by atoms with Crippen LogP contribution in [0.25, 0.3) is 0 Å². The molecule has 18 heavy (non-hydrogen) atoms. The van der Waals surface area contributed by atoms with Crippen LogP contribution in [0.4, 0.5) is 0 Å². The highest BCUT2D eigenvalue weighted by Crippen LogP contribution is 2.10. The Bertz CT molecular complexity index is 240. The van der Waals surface area contributed by atoms with Crippen molar-refractivity contribution in [2.45, 2.75) is 12.5 Å². The molecule has 2 saturated heterocycles. The first kappa shape index (κ1) is 14.2. The molecular formula is C13H28N5. The third-order valence-corrected chi connectivity index (χ3v) is 4.23. The fraction of sp³-hybridized carbons (Fsp3) is 1.00. The van der Waals surface area contributed by atoms with E-state index in [2.05, 4.69) is 40.9 Å². The first-order chi connectivity index (χ1) is 8.65. The summed E-state index contributed by atoms with van der Waals surface area (Å²) in [6.07, 6.45) is 1.25. The van der Waals surface area contributed by atoms with Gasteiger partial charge >= 0.3 is 0 Å². The number of likely N-dealkylation sites (tertiary alicyclic amines) is 1. The lowest BCUT2D eigenvalue weighted by Gasteiger charge is -2.32. The second-order valence-electron chi connectivity index (χ2n) is 5.79. The van der Waals surface area contributed by atoms with E-state index in [0.29, 0.717) is 6.04 Å². The second kappa shape index (κ2) is 6.82.